The van der Waals surface area contributed by atoms with Crippen LogP contribution in [0, 0.1) is 0 Å². The summed E-state index contributed by atoms with van der Waals surface area (Å²) >= 11 is 0. The largest absolute Gasteiger partial charge is 0.465 e. The first kappa shape index (κ1) is 16.1. The minimum absolute atomic E-state index is 0.0862. The van der Waals surface area contributed by atoms with Crippen molar-refractivity contribution in [2.75, 3.05) is 19.2 Å². The lowest BCUT2D eigenvalue weighted by Gasteiger charge is -2.11. The molecule has 3 atom stereocenters. The van der Waals surface area contributed by atoms with Crippen LogP contribution in [-0.2, 0) is 19.4 Å². The topological polar surface area (TPSA) is 105 Å². The van der Waals surface area contributed by atoms with Crippen molar-refractivity contribution >= 4 is 15.8 Å². The van der Waals surface area contributed by atoms with E-state index in [-0.39, 0.29) is 19.2 Å². The summed E-state index contributed by atoms with van der Waals surface area (Å²) in [6, 6.07) is 5.08. The summed E-state index contributed by atoms with van der Waals surface area (Å²) in [6.07, 6.45) is 0. The van der Waals surface area contributed by atoms with Gasteiger partial charge in [-0.1, -0.05) is 13.0 Å². The van der Waals surface area contributed by atoms with E-state index in [0.717, 1.165) is 0 Å². The van der Waals surface area contributed by atoms with Gasteiger partial charge in [0.05, 0.1) is 11.9 Å². The molecule has 7 nitrogen and oxygen atoms in total. The fourth-order valence-electron chi connectivity index (χ4n) is 3.11. The van der Waals surface area contributed by atoms with Crippen LogP contribution in [0.2, 0.25) is 0 Å². The number of benzene rings is 1. The molecule has 2 aliphatic rings. The van der Waals surface area contributed by atoms with Crippen molar-refractivity contribution in [3.05, 3.63) is 23.8 Å². The molecule has 0 radical (unpaired) electrons. The van der Waals surface area contributed by atoms with E-state index in [2.05, 4.69) is 0 Å². The van der Waals surface area contributed by atoms with E-state index in [1.807, 2.05) is 0 Å². The number of esters is 1. The number of ether oxygens (including phenoxy) is 3. The molecule has 0 saturated heterocycles. The Balaban J connectivity index is 2.00. The zero-order valence-electron chi connectivity index (χ0n) is 12.9. The number of sulfone groups is 1. The highest BCUT2D eigenvalue weighted by Gasteiger charge is 2.74. The van der Waals surface area contributed by atoms with Crippen LogP contribution in [0.3, 0.4) is 0 Å². The fourth-order valence-corrected chi connectivity index (χ4v) is 5.03. The van der Waals surface area contributed by atoms with E-state index in [1.54, 1.807) is 25.1 Å². The molecule has 1 aromatic carbocycles. The Hall–Kier alpha value is -1.80. The summed E-state index contributed by atoms with van der Waals surface area (Å²) in [6.45, 7) is 3.45. The second-order valence-corrected chi connectivity index (χ2v) is 8.03. The van der Waals surface area contributed by atoms with E-state index in [1.165, 1.54) is 6.92 Å². The van der Waals surface area contributed by atoms with Gasteiger partial charge in [0.1, 0.15) is 5.54 Å². The number of carbonyl (C=O) groups excluding carboxylic acids is 1. The minimum Gasteiger partial charge on any atom is -0.465 e. The zero-order valence-corrected chi connectivity index (χ0v) is 13.8. The van der Waals surface area contributed by atoms with Crippen molar-refractivity contribution in [2.45, 2.75) is 30.6 Å². The third kappa shape index (κ3) is 2.36. The van der Waals surface area contributed by atoms with Gasteiger partial charge >= 0.3 is 5.97 Å². The van der Waals surface area contributed by atoms with E-state index in [4.69, 9.17) is 19.9 Å². The lowest BCUT2D eigenvalue weighted by molar-refractivity contribution is -0.145. The highest BCUT2D eigenvalue weighted by atomic mass is 32.2. The second kappa shape index (κ2) is 5.38. The fraction of sp³-hybridized carbons (Fsp3) is 0.533. The first-order valence-corrected chi connectivity index (χ1v) is 9.15. The normalized spacial score (nSPS) is 28.5. The molecule has 0 spiro atoms. The lowest BCUT2D eigenvalue weighted by atomic mass is 10.1. The monoisotopic (exact) mass is 341 g/mol. The van der Waals surface area contributed by atoms with E-state index < -0.39 is 32.5 Å². The molecule has 1 saturated carbocycles. The zero-order chi connectivity index (χ0) is 16.8. The summed E-state index contributed by atoms with van der Waals surface area (Å²) in [5, 5.41) is -0.987. The van der Waals surface area contributed by atoms with Gasteiger partial charge in [-0.3, -0.25) is 0 Å². The molecule has 23 heavy (non-hydrogen) atoms. The van der Waals surface area contributed by atoms with Crippen molar-refractivity contribution in [3.8, 4) is 11.5 Å². The number of hydrogen-bond acceptors (Lipinski definition) is 7. The van der Waals surface area contributed by atoms with Crippen LogP contribution in [0.5, 0.6) is 11.5 Å². The molecule has 0 aromatic heterocycles. The number of rotatable bonds is 5. The Morgan fingerprint density at radius 2 is 2.04 bits per heavy atom. The number of fused-ring (bicyclic) bond motifs is 1. The Morgan fingerprint density at radius 3 is 2.70 bits per heavy atom. The molecule has 0 unspecified atom stereocenters. The Kier molecular flexibility index (Phi) is 3.76. The van der Waals surface area contributed by atoms with E-state index in [9.17, 15) is 13.2 Å². The van der Waals surface area contributed by atoms with Crippen LogP contribution in [0.4, 0.5) is 0 Å². The maximum absolute atomic E-state index is 12.4. The van der Waals surface area contributed by atoms with Gasteiger partial charge in [-0.15, -0.1) is 0 Å². The molecular weight excluding hydrogens is 322 g/mol. The summed E-state index contributed by atoms with van der Waals surface area (Å²) in [5.41, 5.74) is 5.25. The average Bonchev–Trinajstić information content (AvgIpc) is 2.93. The third-order valence-corrected chi connectivity index (χ3v) is 6.59. The lowest BCUT2D eigenvalue weighted by Crippen LogP contribution is -2.41. The van der Waals surface area contributed by atoms with Crippen molar-refractivity contribution in [1.82, 2.24) is 0 Å². The second-order valence-electron chi connectivity index (χ2n) is 5.62. The van der Waals surface area contributed by atoms with Crippen LogP contribution in [0.15, 0.2) is 18.2 Å². The van der Waals surface area contributed by atoms with Crippen LogP contribution in [-0.4, -0.2) is 44.3 Å². The molecule has 126 valence electrons. The summed E-state index contributed by atoms with van der Waals surface area (Å²) < 4.78 is 40.3. The molecule has 1 aliphatic carbocycles. The average molecular weight is 341 g/mol. The van der Waals surface area contributed by atoms with Crippen molar-refractivity contribution in [3.63, 3.8) is 0 Å². The van der Waals surface area contributed by atoms with Crippen LogP contribution in [0.25, 0.3) is 0 Å². The standard InChI is InChI=1S/C15H19NO6S/c1-3-20-14(17)15(16)12(13(15)23(18,19)4-2)9-5-6-10-11(7-9)22-8-21-10/h5-7,12-13H,3-4,8,16H2,1-2H3/t12-,13-,15+/m0/s1. The number of carbonyl (C=O) groups is 1. The highest BCUT2D eigenvalue weighted by molar-refractivity contribution is 7.92. The van der Waals surface area contributed by atoms with Crippen LogP contribution >= 0.6 is 0 Å². The summed E-state index contributed by atoms with van der Waals surface area (Å²) in [7, 11) is -3.51. The van der Waals surface area contributed by atoms with E-state index in [0.29, 0.717) is 17.1 Å². The minimum atomic E-state index is -3.51. The maximum Gasteiger partial charge on any atom is 0.328 e. The summed E-state index contributed by atoms with van der Waals surface area (Å²) in [4.78, 5) is 12.2. The Morgan fingerprint density at radius 1 is 1.35 bits per heavy atom. The smallest absolute Gasteiger partial charge is 0.328 e. The van der Waals surface area contributed by atoms with E-state index >= 15 is 0 Å². The summed E-state index contributed by atoms with van der Waals surface area (Å²) in [5.74, 6) is -0.320. The number of hydrogen-bond donors (Lipinski definition) is 1. The van der Waals surface area contributed by atoms with Gasteiger partial charge < -0.3 is 19.9 Å². The van der Waals surface area contributed by atoms with Gasteiger partial charge in [-0.05, 0) is 24.6 Å². The van der Waals surface area contributed by atoms with Gasteiger partial charge in [0.15, 0.2) is 21.3 Å². The van der Waals surface area contributed by atoms with Gasteiger partial charge in [0.2, 0.25) is 6.79 Å². The molecule has 3 rings (SSSR count). The van der Waals surface area contributed by atoms with Crippen molar-refractivity contribution < 1.29 is 27.4 Å². The molecule has 1 aliphatic heterocycles. The predicted octanol–water partition coefficient (Wildman–Crippen LogP) is 0.576. The highest BCUT2D eigenvalue weighted by Crippen LogP contribution is 2.56. The molecule has 0 bridgehead atoms. The van der Waals surface area contributed by atoms with Gasteiger partial charge in [-0.25, -0.2) is 13.2 Å². The molecule has 2 N–H and O–H groups in total. The van der Waals surface area contributed by atoms with Gasteiger partial charge in [-0.2, -0.15) is 0 Å². The molecule has 1 heterocycles. The molecular formula is C15H19NO6S. The Bertz CT molecular complexity index is 746. The van der Waals surface area contributed by atoms with Gasteiger partial charge in [0.25, 0.3) is 0 Å². The molecule has 8 heteroatoms. The quantitative estimate of drug-likeness (QED) is 0.781. The first-order chi connectivity index (χ1) is 10.9. The maximum atomic E-state index is 12.4. The van der Waals surface area contributed by atoms with Crippen molar-refractivity contribution in [2.24, 2.45) is 5.73 Å². The first-order valence-electron chi connectivity index (χ1n) is 7.43. The Labute approximate surface area is 134 Å². The SMILES string of the molecule is CCOC(=O)[C@@]1(N)[C@@H](c2ccc3c(c2)OCO3)[C@@H]1S(=O)(=O)CC. The molecule has 0 amide bonds. The van der Waals surface area contributed by atoms with Gasteiger partial charge in [0, 0.05) is 11.7 Å². The van der Waals surface area contributed by atoms with Crippen LogP contribution < -0.4 is 15.2 Å². The van der Waals surface area contributed by atoms with Crippen LogP contribution in [0.1, 0.15) is 25.3 Å². The molecule has 1 aromatic rings. The predicted molar refractivity (Wildman–Crippen MR) is 82.1 cm³/mol. The number of nitrogens with two attached hydrogens (primary N) is 1. The van der Waals surface area contributed by atoms with Crippen molar-refractivity contribution in [1.29, 1.82) is 0 Å². The molecule has 1 fully saturated rings. The third-order valence-electron chi connectivity index (χ3n) is 4.35.